The van der Waals surface area contributed by atoms with Crippen molar-refractivity contribution in [2.24, 2.45) is 0 Å². The standard InChI is InChI=1S/C26H21Cl2N3O/c27-21-15-7-9-17-23(21)30-31(24-18-10-8-16-22(24)28)25(19-11-3-1-4-12-19)26(32)29-20-13-5-2-6-14-20/h1-18,25,30H,(H,29,32)/t25-/m1/s1. The summed E-state index contributed by atoms with van der Waals surface area (Å²) in [4.78, 5) is 13.6. The van der Waals surface area contributed by atoms with E-state index in [0.717, 1.165) is 5.56 Å². The second kappa shape index (κ2) is 10.2. The number of hydrogen-bond donors (Lipinski definition) is 2. The highest BCUT2D eigenvalue weighted by Crippen LogP contribution is 2.35. The summed E-state index contributed by atoms with van der Waals surface area (Å²) in [6.45, 7) is 0. The molecule has 1 atom stereocenters. The minimum absolute atomic E-state index is 0.220. The van der Waals surface area contributed by atoms with Gasteiger partial charge in [-0.05, 0) is 42.0 Å². The van der Waals surface area contributed by atoms with Gasteiger partial charge in [-0.1, -0.05) is 96.0 Å². The summed E-state index contributed by atoms with van der Waals surface area (Å²) in [6.07, 6.45) is 0. The van der Waals surface area contributed by atoms with E-state index in [-0.39, 0.29) is 5.91 Å². The number of nitrogens with one attached hydrogen (secondary N) is 2. The number of carbonyl (C=O) groups is 1. The zero-order valence-electron chi connectivity index (χ0n) is 17.1. The van der Waals surface area contributed by atoms with Crippen molar-refractivity contribution >= 4 is 46.2 Å². The minimum Gasteiger partial charge on any atom is -0.324 e. The molecule has 0 aliphatic rings. The van der Waals surface area contributed by atoms with Gasteiger partial charge in [0.2, 0.25) is 0 Å². The van der Waals surface area contributed by atoms with Gasteiger partial charge in [-0.3, -0.25) is 15.2 Å². The Labute approximate surface area is 197 Å². The van der Waals surface area contributed by atoms with Crippen LogP contribution >= 0.6 is 23.2 Å². The molecule has 0 saturated carbocycles. The summed E-state index contributed by atoms with van der Waals surface area (Å²) >= 11 is 13.0. The van der Waals surface area contributed by atoms with E-state index in [4.69, 9.17) is 23.2 Å². The van der Waals surface area contributed by atoms with Crippen molar-refractivity contribution in [1.29, 1.82) is 0 Å². The molecular weight excluding hydrogens is 441 g/mol. The number of anilines is 3. The first-order valence-corrected chi connectivity index (χ1v) is 10.8. The Morgan fingerprint density at radius 1 is 0.688 bits per heavy atom. The fourth-order valence-corrected chi connectivity index (χ4v) is 3.78. The monoisotopic (exact) mass is 461 g/mol. The van der Waals surface area contributed by atoms with E-state index in [9.17, 15) is 4.79 Å². The zero-order valence-corrected chi connectivity index (χ0v) is 18.6. The van der Waals surface area contributed by atoms with Crippen molar-refractivity contribution in [3.05, 3.63) is 125 Å². The molecule has 0 bridgehead atoms. The Balaban J connectivity index is 1.81. The molecule has 4 aromatic rings. The Morgan fingerprint density at radius 3 is 1.91 bits per heavy atom. The van der Waals surface area contributed by atoms with Crippen LogP contribution in [0.2, 0.25) is 10.0 Å². The van der Waals surface area contributed by atoms with E-state index in [2.05, 4.69) is 10.7 Å². The maximum atomic E-state index is 13.6. The summed E-state index contributed by atoms with van der Waals surface area (Å²) in [5, 5.41) is 5.79. The van der Waals surface area contributed by atoms with Crippen molar-refractivity contribution in [1.82, 2.24) is 0 Å². The second-order valence-electron chi connectivity index (χ2n) is 7.08. The molecule has 6 heteroatoms. The fraction of sp³-hybridized carbons (Fsp3) is 0.0385. The van der Waals surface area contributed by atoms with Gasteiger partial charge >= 0.3 is 0 Å². The van der Waals surface area contributed by atoms with E-state index in [1.165, 1.54) is 0 Å². The SMILES string of the molecule is O=C(Nc1ccccc1)[C@@H](c1ccccc1)N(Nc1ccccc1Cl)c1ccccc1Cl. The Morgan fingerprint density at radius 2 is 1.25 bits per heavy atom. The third-order valence-electron chi connectivity index (χ3n) is 4.89. The average Bonchev–Trinajstić information content (AvgIpc) is 2.82. The van der Waals surface area contributed by atoms with Gasteiger partial charge < -0.3 is 5.32 Å². The third kappa shape index (κ3) is 5.05. The lowest BCUT2D eigenvalue weighted by molar-refractivity contribution is -0.117. The second-order valence-corrected chi connectivity index (χ2v) is 7.90. The minimum atomic E-state index is -0.743. The summed E-state index contributed by atoms with van der Waals surface area (Å²) in [5.74, 6) is -0.220. The first kappa shape index (κ1) is 21.8. The van der Waals surface area contributed by atoms with Gasteiger partial charge in [0.15, 0.2) is 6.04 Å². The quantitative estimate of drug-likeness (QED) is 0.285. The summed E-state index contributed by atoms with van der Waals surface area (Å²) < 4.78 is 0. The number of halogens is 2. The van der Waals surface area contributed by atoms with Gasteiger partial charge in [0.25, 0.3) is 5.91 Å². The first-order valence-electron chi connectivity index (χ1n) is 10.1. The molecule has 0 radical (unpaired) electrons. The highest BCUT2D eigenvalue weighted by molar-refractivity contribution is 6.34. The van der Waals surface area contributed by atoms with Gasteiger partial charge in [-0.25, -0.2) is 0 Å². The molecule has 1 amide bonds. The number of para-hydroxylation sites is 3. The van der Waals surface area contributed by atoms with Gasteiger partial charge in [0.1, 0.15) is 0 Å². The van der Waals surface area contributed by atoms with Crippen molar-refractivity contribution in [2.75, 3.05) is 15.8 Å². The number of hydrogen-bond acceptors (Lipinski definition) is 3. The molecule has 0 unspecified atom stereocenters. The van der Waals surface area contributed by atoms with Gasteiger partial charge in [0.05, 0.1) is 21.4 Å². The lowest BCUT2D eigenvalue weighted by atomic mass is 10.0. The van der Waals surface area contributed by atoms with E-state index in [0.29, 0.717) is 27.1 Å². The molecule has 4 nitrogen and oxygen atoms in total. The van der Waals surface area contributed by atoms with Crippen LogP contribution in [0, 0.1) is 0 Å². The Kier molecular flexibility index (Phi) is 6.95. The van der Waals surface area contributed by atoms with Crippen LogP contribution in [-0.2, 0) is 4.79 Å². The van der Waals surface area contributed by atoms with Gasteiger partial charge in [0, 0.05) is 5.69 Å². The van der Waals surface area contributed by atoms with Crippen molar-refractivity contribution in [2.45, 2.75) is 6.04 Å². The van der Waals surface area contributed by atoms with Crippen LogP contribution in [0.1, 0.15) is 11.6 Å². The van der Waals surface area contributed by atoms with E-state index >= 15 is 0 Å². The molecule has 0 saturated heterocycles. The van der Waals surface area contributed by atoms with Gasteiger partial charge in [-0.15, -0.1) is 0 Å². The Bertz CT molecular complexity index is 1190. The largest absolute Gasteiger partial charge is 0.324 e. The lowest BCUT2D eigenvalue weighted by Crippen LogP contribution is -2.41. The number of benzene rings is 4. The van der Waals surface area contributed by atoms with Crippen LogP contribution in [0.25, 0.3) is 0 Å². The summed E-state index contributed by atoms with van der Waals surface area (Å²) in [6, 6.07) is 32.9. The zero-order chi connectivity index (χ0) is 22.3. The van der Waals surface area contributed by atoms with Crippen molar-refractivity contribution in [3.8, 4) is 0 Å². The van der Waals surface area contributed by atoms with E-state index in [1.54, 1.807) is 17.1 Å². The number of hydrazine groups is 1. The van der Waals surface area contributed by atoms with Crippen molar-refractivity contribution in [3.63, 3.8) is 0 Å². The highest BCUT2D eigenvalue weighted by atomic mass is 35.5. The number of amides is 1. The lowest BCUT2D eigenvalue weighted by Gasteiger charge is -2.34. The van der Waals surface area contributed by atoms with E-state index in [1.807, 2.05) is 97.1 Å². The molecule has 32 heavy (non-hydrogen) atoms. The molecule has 4 aromatic carbocycles. The maximum absolute atomic E-state index is 13.6. The van der Waals surface area contributed by atoms with E-state index < -0.39 is 6.04 Å². The molecule has 0 aliphatic heterocycles. The molecular formula is C26H21Cl2N3O. The van der Waals surface area contributed by atoms with Crippen LogP contribution in [0.5, 0.6) is 0 Å². The Hall–Kier alpha value is -3.47. The fourth-order valence-electron chi connectivity index (χ4n) is 3.38. The van der Waals surface area contributed by atoms with Crippen LogP contribution in [0.3, 0.4) is 0 Å². The van der Waals surface area contributed by atoms with Crippen LogP contribution < -0.4 is 15.8 Å². The topological polar surface area (TPSA) is 44.4 Å². The first-order chi connectivity index (χ1) is 15.6. The maximum Gasteiger partial charge on any atom is 0.253 e. The van der Waals surface area contributed by atoms with Crippen molar-refractivity contribution < 1.29 is 4.79 Å². The predicted molar refractivity (Wildman–Crippen MR) is 133 cm³/mol. The number of rotatable bonds is 7. The predicted octanol–water partition coefficient (Wildman–Crippen LogP) is 7.21. The molecule has 0 aliphatic carbocycles. The summed E-state index contributed by atoms with van der Waals surface area (Å²) in [5.41, 5.74) is 6.12. The average molecular weight is 462 g/mol. The molecule has 2 N–H and O–H groups in total. The summed E-state index contributed by atoms with van der Waals surface area (Å²) in [7, 11) is 0. The molecule has 160 valence electrons. The number of nitrogens with zero attached hydrogens (tertiary/aromatic N) is 1. The molecule has 0 heterocycles. The van der Waals surface area contributed by atoms with Gasteiger partial charge in [-0.2, -0.15) is 0 Å². The van der Waals surface area contributed by atoms with Crippen LogP contribution in [0.4, 0.5) is 17.1 Å². The molecule has 0 aromatic heterocycles. The van der Waals surface area contributed by atoms with Crippen LogP contribution in [-0.4, -0.2) is 5.91 Å². The number of carbonyl (C=O) groups excluding carboxylic acids is 1. The highest BCUT2D eigenvalue weighted by Gasteiger charge is 2.30. The normalized spacial score (nSPS) is 11.4. The van der Waals surface area contributed by atoms with Crippen LogP contribution in [0.15, 0.2) is 109 Å². The third-order valence-corrected chi connectivity index (χ3v) is 5.54. The molecule has 4 rings (SSSR count). The smallest absolute Gasteiger partial charge is 0.253 e. The molecule has 0 fully saturated rings. The molecule has 0 spiro atoms.